The van der Waals surface area contributed by atoms with Crippen LogP contribution in [0.3, 0.4) is 0 Å². The average molecular weight is 485 g/mol. The molecular weight excluding hydrogens is 452 g/mol. The number of carbonyl (C=O) groups excluding carboxylic acids is 4. The van der Waals surface area contributed by atoms with Crippen LogP contribution >= 0.6 is 11.3 Å². The van der Waals surface area contributed by atoms with E-state index in [1.807, 2.05) is 13.8 Å². The molecule has 0 spiro atoms. The number of aromatic nitrogens is 1. The van der Waals surface area contributed by atoms with Gasteiger partial charge in [0.15, 0.2) is 5.78 Å². The molecule has 0 radical (unpaired) electrons. The number of nitrogens with zero attached hydrogens (tertiary/aromatic N) is 1. The Labute approximate surface area is 196 Å². The third-order valence-electron chi connectivity index (χ3n) is 5.02. The maximum atomic E-state index is 13.0. The number of ether oxygens (including phenoxy) is 3. The molecule has 1 fully saturated rings. The maximum Gasteiger partial charge on any atom is 0.263 e. The minimum atomic E-state index is -1.09. The van der Waals surface area contributed by atoms with Gasteiger partial charge in [0.05, 0.1) is 37.6 Å². The van der Waals surface area contributed by atoms with Crippen LogP contribution in [-0.4, -0.2) is 86.3 Å². The fourth-order valence-electron chi connectivity index (χ4n) is 3.12. The Bertz CT molecular complexity index is 827. The van der Waals surface area contributed by atoms with Crippen molar-refractivity contribution in [2.24, 2.45) is 5.92 Å². The highest BCUT2D eigenvalue weighted by Crippen LogP contribution is 2.29. The van der Waals surface area contributed by atoms with Crippen LogP contribution in [-0.2, 0) is 28.6 Å². The Morgan fingerprint density at radius 1 is 1.06 bits per heavy atom. The van der Waals surface area contributed by atoms with Crippen LogP contribution in [0.2, 0.25) is 0 Å². The lowest BCUT2D eigenvalue weighted by molar-refractivity contribution is -0.134. The van der Waals surface area contributed by atoms with E-state index in [1.54, 1.807) is 6.92 Å². The summed E-state index contributed by atoms with van der Waals surface area (Å²) in [6.07, 6.45) is 1.81. The number of hydrogen-bond acceptors (Lipinski definition) is 9. The molecule has 1 aliphatic heterocycles. The predicted octanol–water partition coefficient (Wildman–Crippen LogP) is -0.0920. The second kappa shape index (κ2) is 12.2. The van der Waals surface area contributed by atoms with Gasteiger partial charge in [-0.3, -0.25) is 24.2 Å². The van der Waals surface area contributed by atoms with Crippen molar-refractivity contribution in [3.8, 4) is 0 Å². The van der Waals surface area contributed by atoms with E-state index < -0.39 is 41.4 Å². The van der Waals surface area contributed by atoms with Crippen LogP contribution in [0.15, 0.2) is 11.7 Å². The van der Waals surface area contributed by atoms with Crippen molar-refractivity contribution in [3.63, 3.8) is 0 Å². The van der Waals surface area contributed by atoms with E-state index in [9.17, 15) is 19.2 Å². The van der Waals surface area contributed by atoms with Crippen molar-refractivity contribution in [1.82, 2.24) is 20.9 Å². The smallest absolute Gasteiger partial charge is 0.263 e. The van der Waals surface area contributed by atoms with E-state index in [-0.39, 0.29) is 24.9 Å². The minimum absolute atomic E-state index is 0.109. The summed E-state index contributed by atoms with van der Waals surface area (Å²) in [5, 5.41) is 7.88. The number of nitrogens with one attached hydrogen (secondary N) is 3. The van der Waals surface area contributed by atoms with Gasteiger partial charge in [0.1, 0.15) is 22.6 Å². The number of thiazole rings is 1. The van der Waals surface area contributed by atoms with Gasteiger partial charge in [0.25, 0.3) is 5.91 Å². The molecule has 2 unspecified atom stereocenters. The zero-order chi connectivity index (χ0) is 24.6. The summed E-state index contributed by atoms with van der Waals surface area (Å²) in [5.41, 5.74) is 0.610. The molecule has 3 N–H and O–H groups in total. The molecule has 4 atom stereocenters. The first kappa shape index (κ1) is 26.8. The van der Waals surface area contributed by atoms with E-state index in [2.05, 4.69) is 20.9 Å². The van der Waals surface area contributed by atoms with Crippen molar-refractivity contribution >= 4 is 34.8 Å². The van der Waals surface area contributed by atoms with Crippen LogP contribution in [0.5, 0.6) is 0 Å². The Morgan fingerprint density at radius 2 is 1.61 bits per heavy atom. The van der Waals surface area contributed by atoms with Crippen LogP contribution in [0.4, 0.5) is 0 Å². The minimum Gasteiger partial charge on any atom is -0.382 e. The second-order valence-corrected chi connectivity index (χ2v) is 9.32. The molecule has 11 nitrogen and oxygen atoms in total. The Morgan fingerprint density at radius 3 is 2.06 bits per heavy atom. The summed E-state index contributed by atoms with van der Waals surface area (Å²) in [7, 11) is 2.78. The number of methoxy groups -OCH3 is 2. The largest absolute Gasteiger partial charge is 0.382 e. The molecule has 0 bridgehead atoms. The van der Waals surface area contributed by atoms with Crippen LogP contribution in [0, 0.1) is 5.92 Å². The third-order valence-corrected chi connectivity index (χ3v) is 5.79. The molecule has 2 rings (SSSR count). The molecule has 1 aliphatic rings. The van der Waals surface area contributed by atoms with Gasteiger partial charge in [0, 0.05) is 14.2 Å². The molecule has 1 saturated heterocycles. The van der Waals surface area contributed by atoms with Crippen LogP contribution < -0.4 is 16.0 Å². The molecule has 1 aromatic heterocycles. The summed E-state index contributed by atoms with van der Waals surface area (Å²) in [6, 6.07) is -2.90. The summed E-state index contributed by atoms with van der Waals surface area (Å²) in [6.45, 7) is 5.64. The quantitative estimate of drug-likeness (QED) is 0.310. The highest BCUT2D eigenvalue weighted by Gasteiger charge is 2.50. The number of epoxide rings is 1. The molecule has 0 aromatic carbocycles. The van der Waals surface area contributed by atoms with E-state index in [4.69, 9.17) is 14.2 Å². The fourth-order valence-corrected chi connectivity index (χ4v) is 3.65. The SMILES string of the molecule is COCC(NC(=O)c1cncs1)C(=O)N[C@@H](COC)C(=O)NC(CC(C)C)C(=O)[C@@]1(C)CO1. The second-order valence-electron chi connectivity index (χ2n) is 8.44. The van der Waals surface area contributed by atoms with E-state index >= 15 is 0 Å². The van der Waals surface area contributed by atoms with Crippen molar-refractivity contribution < 1.29 is 33.4 Å². The lowest BCUT2D eigenvalue weighted by Crippen LogP contribution is -2.58. The lowest BCUT2D eigenvalue weighted by Gasteiger charge is -2.26. The number of rotatable bonds is 14. The molecule has 3 amide bonds. The highest BCUT2D eigenvalue weighted by molar-refractivity contribution is 7.11. The highest BCUT2D eigenvalue weighted by atomic mass is 32.1. The molecule has 1 aromatic rings. The summed E-state index contributed by atoms with van der Waals surface area (Å²) in [5.74, 6) is -1.75. The van der Waals surface area contributed by atoms with Gasteiger partial charge in [-0.25, -0.2) is 0 Å². The molecule has 184 valence electrons. The van der Waals surface area contributed by atoms with Gasteiger partial charge < -0.3 is 30.2 Å². The first-order valence-corrected chi connectivity index (χ1v) is 11.5. The van der Waals surface area contributed by atoms with E-state index in [0.717, 1.165) is 11.3 Å². The standard InChI is InChI=1S/C21H32N4O7S/c1-12(2)6-13(17(26)21(3)10-32-21)23-18(27)14(8-30-4)24-19(28)15(9-31-5)25-20(29)16-7-22-11-33-16/h7,11-15H,6,8-10H2,1-5H3,(H,23,27)(H,24,28)(H,25,29)/t13?,14-,15?,21+/m0/s1. The number of hydrogen-bond donors (Lipinski definition) is 3. The fraction of sp³-hybridized carbons (Fsp3) is 0.667. The molecule has 33 heavy (non-hydrogen) atoms. The first-order valence-electron chi connectivity index (χ1n) is 10.6. The summed E-state index contributed by atoms with van der Waals surface area (Å²) >= 11 is 1.13. The van der Waals surface area contributed by atoms with Crippen LogP contribution in [0.25, 0.3) is 0 Å². The first-order chi connectivity index (χ1) is 15.6. The van der Waals surface area contributed by atoms with Gasteiger partial charge in [-0.15, -0.1) is 11.3 Å². The van der Waals surface area contributed by atoms with Crippen molar-refractivity contribution in [3.05, 3.63) is 16.6 Å². The zero-order valence-electron chi connectivity index (χ0n) is 19.5. The summed E-state index contributed by atoms with van der Waals surface area (Å²) < 4.78 is 15.4. The van der Waals surface area contributed by atoms with Gasteiger partial charge in [-0.1, -0.05) is 13.8 Å². The Balaban J connectivity index is 2.07. The number of amides is 3. The van der Waals surface area contributed by atoms with Gasteiger partial charge in [0.2, 0.25) is 11.8 Å². The number of carbonyl (C=O) groups is 4. The lowest BCUT2D eigenvalue weighted by atomic mass is 9.93. The predicted molar refractivity (Wildman–Crippen MR) is 120 cm³/mol. The zero-order valence-corrected chi connectivity index (χ0v) is 20.3. The van der Waals surface area contributed by atoms with E-state index in [1.165, 1.54) is 25.9 Å². The number of Topliss-reactive ketones (excluding diaryl/α,β-unsaturated/α-hetero) is 1. The average Bonchev–Trinajstić information content (AvgIpc) is 3.27. The van der Waals surface area contributed by atoms with E-state index in [0.29, 0.717) is 17.9 Å². The Hall–Kier alpha value is -2.41. The van der Waals surface area contributed by atoms with Gasteiger partial charge >= 0.3 is 0 Å². The van der Waals surface area contributed by atoms with Crippen LogP contribution in [0.1, 0.15) is 36.9 Å². The normalized spacial score (nSPS) is 19.9. The van der Waals surface area contributed by atoms with Gasteiger partial charge in [-0.05, 0) is 19.3 Å². The topological polar surface area (TPSA) is 148 Å². The number of ketones is 1. The molecular formula is C21H32N4O7S. The molecule has 0 saturated carbocycles. The van der Waals surface area contributed by atoms with Gasteiger partial charge in [-0.2, -0.15) is 0 Å². The Kier molecular flexibility index (Phi) is 9.89. The van der Waals surface area contributed by atoms with Crippen molar-refractivity contribution in [2.75, 3.05) is 34.0 Å². The third kappa shape index (κ3) is 7.84. The maximum absolute atomic E-state index is 13.0. The van der Waals surface area contributed by atoms with Crippen molar-refractivity contribution in [1.29, 1.82) is 0 Å². The van der Waals surface area contributed by atoms with Crippen molar-refractivity contribution in [2.45, 2.75) is 50.9 Å². The monoisotopic (exact) mass is 484 g/mol. The molecule has 0 aliphatic carbocycles. The molecule has 2 heterocycles. The molecule has 12 heteroatoms. The summed E-state index contributed by atoms with van der Waals surface area (Å²) in [4.78, 5) is 55.1.